The van der Waals surface area contributed by atoms with E-state index >= 15 is 0 Å². The number of halogens is 3. The Hall–Kier alpha value is -1.89. The summed E-state index contributed by atoms with van der Waals surface area (Å²) in [7, 11) is 0. The zero-order chi connectivity index (χ0) is 13.4. The van der Waals surface area contributed by atoms with Crippen molar-refractivity contribution >= 4 is 0 Å². The molecule has 1 aliphatic rings. The molecule has 19 heavy (non-hydrogen) atoms. The quantitative estimate of drug-likeness (QED) is 0.865. The molecule has 4 nitrogen and oxygen atoms in total. The van der Waals surface area contributed by atoms with Gasteiger partial charge in [-0.3, -0.25) is 0 Å². The van der Waals surface area contributed by atoms with Crippen LogP contribution in [0.5, 0.6) is 0 Å². The Labute approximate surface area is 106 Å². The minimum Gasteiger partial charge on any atom is -0.339 e. The summed E-state index contributed by atoms with van der Waals surface area (Å²) in [6.07, 6.45) is 0.617. The molecule has 0 aliphatic carbocycles. The normalized spacial score (nSPS) is 15.5. The van der Waals surface area contributed by atoms with E-state index in [1.165, 1.54) is 0 Å². The predicted octanol–water partition coefficient (Wildman–Crippen LogP) is 1.92. The maximum Gasteiger partial charge on any atom is 0.227 e. The van der Waals surface area contributed by atoms with Gasteiger partial charge in [0.1, 0.15) is 0 Å². The van der Waals surface area contributed by atoms with Crippen LogP contribution >= 0.6 is 0 Å². The Morgan fingerprint density at radius 3 is 2.47 bits per heavy atom. The fraction of sp³-hybridized carbons (Fsp3) is 0.333. The largest absolute Gasteiger partial charge is 0.339 e. The van der Waals surface area contributed by atoms with E-state index in [4.69, 9.17) is 4.52 Å². The first-order chi connectivity index (χ1) is 9.13. The molecule has 1 aromatic carbocycles. The first kappa shape index (κ1) is 12.2. The molecule has 0 radical (unpaired) electrons. The molecule has 1 fully saturated rings. The number of nitrogens with zero attached hydrogens (tertiary/aromatic N) is 2. The Bertz CT molecular complexity index is 587. The molecule has 100 valence electrons. The zero-order valence-electron chi connectivity index (χ0n) is 9.79. The van der Waals surface area contributed by atoms with E-state index in [0.717, 1.165) is 25.2 Å². The van der Waals surface area contributed by atoms with Crippen molar-refractivity contribution < 1.29 is 17.7 Å². The summed E-state index contributed by atoms with van der Waals surface area (Å²) >= 11 is 0. The highest BCUT2D eigenvalue weighted by atomic mass is 19.2. The van der Waals surface area contributed by atoms with Crippen LogP contribution in [0.4, 0.5) is 13.2 Å². The smallest absolute Gasteiger partial charge is 0.227 e. The highest BCUT2D eigenvalue weighted by molar-refractivity contribution is 5.54. The van der Waals surface area contributed by atoms with E-state index < -0.39 is 17.5 Å². The van der Waals surface area contributed by atoms with E-state index in [9.17, 15) is 13.2 Å². The van der Waals surface area contributed by atoms with Crippen molar-refractivity contribution in [3.63, 3.8) is 0 Å². The highest BCUT2D eigenvalue weighted by Crippen LogP contribution is 2.22. The van der Waals surface area contributed by atoms with Gasteiger partial charge in [-0.15, -0.1) is 0 Å². The van der Waals surface area contributed by atoms with Crippen molar-refractivity contribution in [3.8, 4) is 11.4 Å². The van der Waals surface area contributed by atoms with Gasteiger partial charge in [0.2, 0.25) is 11.7 Å². The molecule has 7 heteroatoms. The van der Waals surface area contributed by atoms with E-state index in [1.807, 2.05) is 0 Å². The van der Waals surface area contributed by atoms with E-state index in [-0.39, 0.29) is 11.4 Å². The maximum absolute atomic E-state index is 13.1. The fourth-order valence-electron chi connectivity index (χ4n) is 1.88. The summed E-state index contributed by atoms with van der Waals surface area (Å²) < 4.78 is 44.0. The van der Waals surface area contributed by atoms with Crippen molar-refractivity contribution in [2.45, 2.75) is 6.42 Å². The second kappa shape index (κ2) is 4.65. The zero-order valence-corrected chi connectivity index (χ0v) is 9.79. The fourth-order valence-corrected chi connectivity index (χ4v) is 1.88. The Balaban J connectivity index is 1.85. The van der Waals surface area contributed by atoms with Gasteiger partial charge >= 0.3 is 0 Å². The standard InChI is InChI=1S/C12H10F3N3O/c13-8-2-7(3-9(14)11(8)15)12-17-10(19-18-12)1-6-4-16-5-6/h2-3,6,16H,1,4-5H2. The van der Waals surface area contributed by atoms with Crippen molar-refractivity contribution in [1.29, 1.82) is 0 Å². The van der Waals surface area contributed by atoms with E-state index in [0.29, 0.717) is 18.2 Å². The molecule has 2 heterocycles. The lowest BCUT2D eigenvalue weighted by atomic mass is 10.00. The van der Waals surface area contributed by atoms with Crippen molar-refractivity contribution in [3.05, 3.63) is 35.5 Å². The average Bonchev–Trinajstić information content (AvgIpc) is 2.79. The summed E-state index contributed by atoms with van der Waals surface area (Å²) in [5, 5.41) is 6.76. The lowest BCUT2D eigenvalue weighted by Crippen LogP contribution is -2.43. The van der Waals surface area contributed by atoms with Crippen molar-refractivity contribution in [2.24, 2.45) is 5.92 Å². The molecule has 0 bridgehead atoms. The topological polar surface area (TPSA) is 51.0 Å². The van der Waals surface area contributed by atoms with E-state index in [2.05, 4.69) is 15.5 Å². The minimum atomic E-state index is -1.51. The first-order valence-corrected chi connectivity index (χ1v) is 5.81. The molecule has 0 saturated carbocycles. The van der Waals surface area contributed by atoms with Gasteiger partial charge in [-0.2, -0.15) is 4.98 Å². The Kier molecular flexibility index (Phi) is 2.98. The van der Waals surface area contributed by atoms with Crippen LogP contribution in [0.2, 0.25) is 0 Å². The van der Waals surface area contributed by atoms with Gasteiger partial charge in [-0.05, 0) is 31.1 Å². The van der Waals surface area contributed by atoms with Crippen molar-refractivity contribution in [2.75, 3.05) is 13.1 Å². The predicted molar refractivity (Wildman–Crippen MR) is 59.7 cm³/mol. The molecule has 1 aliphatic heterocycles. The van der Waals surface area contributed by atoms with Crippen LogP contribution in [0.25, 0.3) is 11.4 Å². The molecule has 0 atom stereocenters. The second-order valence-electron chi connectivity index (χ2n) is 4.49. The highest BCUT2D eigenvalue weighted by Gasteiger charge is 2.21. The molecule has 0 amide bonds. The van der Waals surface area contributed by atoms with Crippen LogP contribution in [0.15, 0.2) is 16.7 Å². The summed E-state index contributed by atoms with van der Waals surface area (Å²) in [5.74, 6) is -3.15. The van der Waals surface area contributed by atoms with Gasteiger partial charge in [0.15, 0.2) is 17.5 Å². The average molecular weight is 269 g/mol. The number of benzene rings is 1. The van der Waals surface area contributed by atoms with Crippen LogP contribution in [0.1, 0.15) is 5.89 Å². The van der Waals surface area contributed by atoms with Crippen LogP contribution in [0, 0.1) is 23.4 Å². The number of hydrogen-bond acceptors (Lipinski definition) is 4. The molecule has 0 unspecified atom stereocenters. The molecule has 1 N–H and O–H groups in total. The van der Waals surface area contributed by atoms with Gasteiger partial charge in [0.05, 0.1) is 0 Å². The summed E-state index contributed by atoms with van der Waals surface area (Å²) in [6.45, 7) is 1.77. The lowest BCUT2D eigenvalue weighted by molar-refractivity contribution is 0.296. The first-order valence-electron chi connectivity index (χ1n) is 5.81. The lowest BCUT2D eigenvalue weighted by Gasteiger charge is -2.25. The van der Waals surface area contributed by atoms with Gasteiger partial charge < -0.3 is 9.84 Å². The molecule has 2 aromatic rings. The third-order valence-corrected chi connectivity index (χ3v) is 3.04. The van der Waals surface area contributed by atoms with Gasteiger partial charge in [0.25, 0.3) is 0 Å². The number of rotatable bonds is 3. The van der Waals surface area contributed by atoms with Crippen molar-refractivity contribution in [1.82, 2.24) is 15.5 Å². The van der Waals surface area contributed by atoms with Gasteiger partial charge in [-0.1, -0.05) is 5.16 Å². The molecule has 0 spiro atoms. The SMILES string of the molecule is Fc1cc(-c2noc(CC3CNC3)n2)cc(F)c1F. The van der Waals surface area contributed by atoms with Gasteiger partial charge in [-0.25, -0.2) is 13.2 Å². The van der Waals surface area contributed by atoms with E-state index in [1.54, 1.807) is 0 Å². The van der Waals surface area contributed by atoms with Crippen LogP contribution < -0.4 is 5.32 Å². The summed E-state index contributed by atoms with van der Waals surface area (Å²) in [5.41, 5.74) is 0.0538. The Morgan fingerprint density at radius 1 is 1.21 bits per heavy atom. The molecular formula is C12H10F3N3O. The number of hydrogen-bond donors (Lipinski definition) is 1. The molecular weight excluding hydrogens is 259 g/mol. The third-order valence-electron chi connectivity index (χ3n) is 3.04. The van der Waals surface area contributed by atoms with Gasteiger partial charge in [0, 0.05) is 12.0 Å². The van der Waals surface area contributed by atoms with Crippen LogP contribution in [-0.4, -0.2) is 23.2 Å². The molecule has 1 aromatic heterocycles. The molecule has 3 rings (SSSR count). The maximum atomic E-state index is 13.1. The summed E-state index contributed by atoms with van der Waals surface area (Å²) in [6, 6.07) is 1.69. The number of nitrogens with one attached hydrogen (secondary N) is 1. The number of aromatic nitrogens is 2. The molecule has 1 saturated heterocycles. The van der Waals surface area contributed by atoms with Crippen LogP contribution in [0.3, 0.4) is 0 Å². The Morgan fingerprint density at radius 2 is 1.89 bits per heavy atom. The van der Waals surface area contributed by atoms with Crippen LogP contribution in [-0.2, 0) is 6.42 Å². The summed E-state index contributed by atoms with van der Waals surface area (Å²) in [4.78, 5) is 4.05. The minimum absolute atomic E-state index is 0.0538. The monoisotopic (exact) mass is 269 g/mol. The second-order valence-corrected chi connectivity index (χ2v) is 4.49. The third kappa shape index (κ3) is 2.33.